The maximum absolute atomic E-state index is 9.41. The lowest BCUT2D eigenvalue weighted by atomic mass is 10.1. The molecule has 0 saturated carbocycles. The van der Waals surface area contributed by atoms with Crippen LogP contribution in [0.4, 0.5) is 0 Å². The van der Waals surface area contributed by atoms with E-state index >= 15 is 0 Å². The molecule has 25 heavy (non-hydrogen) atoms. The zero-order valence-electron chi connectivity index (χ0n) is 14.4. The SMILES string of the molecule is Oc1ccc(CCN(CCc2ccccc2)CCc2cn[nH]c2)cc1. The van der Waals surface area contributed by atoms with Crippen LogP contribution in [0, 0.1) is 0 Å². The van der Waals surface area contributed by atoms with Crippen LogP contribution in [0.1, 0.15) is 16.7 Å². The van der Waals surface area contributed by atoms with Crippen molar-refractivity contribution in [1.29, 1.82) is 0 Å². The second-order valence-corrected chi connectivity index (χ2v) is 6.35. The van der Waals surface area contributed by atoms with Gasteiger partial charge in [0.2, 0.25) is 0 Å². The molecule has 1 heterocycles. The number of nitrogens with one attached hydrogen (secondary N) is 1. The summed E-state index contributed by atoms with van der Waals surface area (Å²) in [6, 6.07) is 18.2. The number of hydrogen-bond acceptors (Lipinski definition) is 3. The fourth-order valence-corrected chi connectivity index (χ4v) is 2.92. The van der Waals surface area contributed by atoms with E-state index in [0.717, 1.165) is 38.9 Å². The van der Waals surface area contributed by atoms with E-state index in [-0.39, 0.29) is 0 Å². The maximum atomic E-state index is 9.41. The summed E-state index contributed by atoms with van der Waals surface area (Å²) in [6.45, 7) is 3.07. The van der Waals surface area contributed by atoms with Crippen molar-refractivity contribution in [3.8, 4) is 5.75 Å². The Bertz CT molecular complexity index is 724. The van der Waals surface area contributed by atoms with E-state index in [1.807, 2.05) is 24.5 Å². The quantitative estimate of drug-likeness (QED) is 0.630. The monoisotopic (exact) mass is 335 g/mol. The molecular weight excluding hydrogens is 310 g/mol. The lowest BCUT2D eigenvalue weighted by Gasteiger charge is -2.22. The number of rotatable bonds is 9. The summed E-state index contributed by atoms with van der Waals surface area (Å²) >= 11 is 0. The van der Waals surface area contributed by atoms with Crippen molar-refractivity contribution in [3.05, 3.63) is 83.7 Å². The van der Waals surface area contributed by atoms with Crippen LogP contribution in [0.2, 0.25) is 0 Å². The molecule has 2 aromatic carbocycles. The van der Waals surface area contributed by atoms with Gasteiger partial charge in [0.15, 0.2) is 0 Å². The molecule has 4 nitrogen and oxygen atoms in total. The van der Waals surface area contributed by atoms with Gasteiger partial charge in [0.25, 0.3) is 0 Å². The van der Waals surface area contributed by atoms with Crippen LogP contribution < -0.4 is 0 Å². The summed E-state index contributed by atoms with van der Waals surface area (Å²) in [5, 5.41) is 16.3. The van der Waals surface area contributed by atoms with E-state index in [9.17, 15) is 5.11 Å². The summed E-state index contributed by atoms with van der Waals surface area (Å²) in [5.74, 6) is 0.324. The Labute approximate surface area is 149 Å². The molecule has 2 N–H and O–H groups in total. The van der Waals surface area contributed by atoms with Gasteiger partial charge in [-0.25, -0.2) is 0 Å². The van der Waals surface area contributed by atoms with Gasteiger partial charge in [0.1, 0.15) is 5.75 Å². The molecule has 0 amide bonds. The molecule has 4 heteroatoms. The molecule has 3 aromatic rings. The van der Waals surface area contributed by atoms with Crippen molar-refractivity contribution in [3.63, 3.8) is 0 Å². The van der Waals surface area contributed by atoms with E-state index in [4.69, 9.17) is 0 Å². The third-order valence-electron chi connectivity index (χ3n) is 4.48. The normalized spacial score (nSPS) is 11.1. The zero-order valence-corrected chi connectivity index (χ0v) is 14.4. The van der Waals surface area contributed by atoms with Crippen LogP contribution in [0.3, 0.4) is 0 Å². The Morgan fingerprint density at radius 3 is 1.96 bits per heavy atom. The molecule has 0 unspecified atom stereocenters. The van der Waals surface area contributed by atoms with Crippen LogP contribution in [0.15, 0.2) is 67.0 Å². The molecule has 0 spiro atoms. The van der Waals surface area contributed by atoms with Crippen molar-refractivity contribution >= 4 is 0 Å². The molecule has 0 fully saturated rings. The molecule has 1 aromatic heterocycles. The predicted molar refractivity (Wildman–Crippen MR) is 101 cm³/mol. The van der Waals surface area contributed by atoms with Crippen LogP contribution in [-0.4, -0.2) is 39.8 Å². The van der Waals surface area contributed by atoms with Crippen LogP contribution in [0.5, 0.6) is 5.75 Å². The van der Waals surface area contributed by atoms with Crippen molar-refractivity contribution in [2.45, 2.75) is 19.3 Å². The molecule has 130 valence electrons. The summed E-state index contributed by atoms with van der Waals surface area (Å²) < 4.78 is 0. The number of aromatic amines is 1. The summed E-state index contributed by atoms with van der Waals surface area (Å²) in [6.07, 6.45) is 6.91. The van der Waals surface area contributed by atoms with Crippen LogP contribution >= 0.6 is 0 Å². The Hall–Kier alpha value is -2.59. The lowest BCUT2D eigenvalue weighted by Crippen LogP contribution is -2.30. The van der Waals surface area contributed by atoms with Gasteiger partial charge < -0.3 is 10.0 Å². The number of benzene rings is 2. The number of hydrogen-bond donors (Lipinski definition) is 2. The first-order valence-corrected chi connectivity index (χ1v) is 8.81. The Kier molecular flexibility index (Phi) is 6.23. The highest BCUT2D eigenvalue weighted by Crippen LogP contribution is 2.11. The Morgan fingerprint density at radius 2 is 1.36 bits per heavy atom. The van der Waals surface area contributed by atoms with Gasteiger partial charge in [-0.1, -0.05) is 42.5 Å². The highest BCUT2D eigenvalue weighted by molar-refractivity contribution is 5.26. The smallest absolute Gasteiger partial charge is 0.115 e. The largest absolute Gasteiger partial charge is 0.508 e. The van der Waals surface area contributed by atoms with E-state index < -0.39 is 0 Å². The third kappa shape index (κ3) is 5.76. The highest BCUT2D eigenvalue weighted by atomic mass is 16.3. The number of phenolic OH excluding ortho intramolecular Hbond substituents is 1. The summed E-state index contributed by atoms with van der Waals surface area (Å²) in [7, 11) is 0. The van der Waals surface area contributed by atoms with Crippen LogP contribution in [0.25, 0.3) is 0 Å². The van der Waals surface area contributed by atoms with Gasteiger partial charge in [-0.05, 0) is 48.1 Å². The fraction of sp³-hybridized carbons (Fsp3) is 0.286. The third-order valence-corrected chi connectivity index (χ3v) is 4.48. The second-order valence-electron chi connectivity index (χ2n) is 6.35. The van der Waals surface area contributed by atoms with E-state index in [1.165, 1.54) is 16.7 Å². The second kappa shape index (κ2) is 9.04. The van der Waals surface area contributed by atoms with Crippen molar-refractivity contribution in [2.75, 3.05) is 19.6 Å². The molecule has 0 aliphatic heterocycles. The highest BCUT2D eigenvalue weighted by Gasteiger charge is 2.07. The maximum Gasteiger partial charge on any atom is 0.115 e. The lowest BCUT2D eigenvalue weighted by molar-refractivity contribution is 0.284. The fourth-order valence-electron chi connectivity index (χ4n) is 2.92. The number of phenols is 1. The Balaban J connectivity index is 1.55. The van der Waals surface area contributed by atoms with Crippen molar-refractivity contribution in [1.82, 2.24) is 15.1 Å². The zero-order chi connectivity index (χ0) is 17.3. The van der Waals surface area contributed by atoms with Gasteiger partial charge in [-0.3, -0.25) is 5.10 Å². The van der Waals surface area contributed by atoms with Gasteiger partial charge in [-0.15, -0.1) is 0 Å². The average molecular weight is 335 g/mol. The first-order chi connectivity index (χ1) is 12.3. The number of aromatic nitrogens is 2. The minimum absolute atomic E-state index is 0.324. The minimum Gasteiger partial charge on any atom is -0.508 e. The molecule has 0 saturated heterocycles. The molecular formula is C21H25N3O. The van der Waals surface area contributed by atoms with Gasteiger partial charge in [0, 0.05) is 25.8 Å². The first kappa shape index (κ1) is 17.2. The molecule has 0 aliphatic carbocycles. The van der Waals surface area contributed by atoms with Gasteiger partial charge in [-0.2, -0.15) is 5.10 Å². The standard InChI is InChI=1S/C21H25N3O/c25-21-8-6-19(7-9-21)11-14-24(15-12-20-16-22-23-17-20)13-10-18-4-2-1-3-5-18/h1-9,16-17,25H,10-15H2,(H,22,23). The number of H-pyrrole nitrogens is 1. The van der Waals surface area contributed by atoms with Crippen molar-refractivity contribution in [2.24, 2.45) is 0 Å². The van der Waals surface area contributed by atoms with E-state index in [1.54, 1.807) is 12.1 Å². The van der Waals surface area contributed by atoms with Gasteiger partial charge in [0.05, 0.1) is 6.20 Å². The summed E-state index contributed by atoms with van der Waals surface area (Å²) in [4.78, 5) is 2.51. The number of nitrogens with zero attached hydrogens (tertiary/aromatic N) is 2. The topological polar surface area (TPSA) is 52.1 Å². The van der Waals surface area contributed by atoms with Gasteiger partial charge >= 0.3 is 0 Å². The molecule has 3 rings (SSSR count). The number of aromatic hydroxyl groups is 1. The van der Waals surface area contributed by atoms with E-state index in [2.05, 4.69) is 45.4 Å². The minimum atomic E-state index is 0.324. The van der Waals surface area contributed by atoms with Crippen molar-refractivity contribution < 1.29 is 5.11 Å². The molecule has 0 radical (unpaired) electrons. The first-order valence-electron chi connectivity index (χ1n) is 8.81. The molecule has 0 bridgehead atoms. The molecule has 0 atom stereocenters. The Morgan fingerprint density at radius 1 is 0.760 bits per heavy atom. The van der Waals surface area contributed by atoms with Crippen LogP contribution in [-0.2, 0) is 19.3 Å². The molecule has 0 aliphatic rings. The average Bonchev–Trinajstić information content (AvgIpc) is 3.17. The van der Waals surface area contributed by atoms with E-state index in [0.29, 0.717) is 5.75 Å². The predicted octanol–water partition coefficient (Wildman–Crippen LogP) is 3.45. The summed E-state index contributed by atoms with van der Waals surface area (Å²) in [5.41, 5.74) is 3.88.